The van der Waals surface area contributed by atoms with E-state index in [9.17, 15) is 4.79 Å². The van der Waals surface area contributed by atoms with Crippen LogP contribution in [0.1, 0.15) is 36.7 Å². The van der Waals surface area contributed by atoms with Gasteiger partial charge in [-0.15, -0.1) is 0 Å². The molecule has 3 aromatic rings. The van der Waals surface area contributed by atoms with Crippen molar-refractivity contribution in [2.24, 2.45) is 0 Å². The number of aromatic nitrogens is 1. The molecule has 5 heteroatoms. The van der Waals surface area contributed by atoms with Crippen molar-refractivity contribution in [3.05, 3.63) is 65.9 Å². The highest BCUT2D eigenvalue weighted by molar-refractivity contribution is 5.98. The number of benzene rings is 2. The molecule has 0 N–H and O–H groups in total. The van der Waals surface area contributed by atoms with E-state index < -0.39 is 0 Å². The number of hydrogen-bond donors (Lipinski definition) is 0. The van der Waals surface area contributed by atoms with E-state index in [1.807, 2.05) is 11.0 Å². The Morgan fingerprint density at radius 1 is 1.03 bits per heavy atom. The van der Waals surface area contributed by atoms with Crippen LogP contribution in [0.3, 0.4) is 0 Å². The molecule has 170 valence electrons. The third-order valence-corrected chi connectivity index (χ3v) is 6.71. The van der Waals surface area contributed by atoms with Crippen molar-refractivity contribution in [2.45, 2.75) is 40.3 Å². The molecule has 5 nitrogen and oxygen atoms in total. The third kappa shape index (κ3) is 4.83. The van der Waals surface area contributed by atoms with Crippen LogP contribution in [-0.4, -0.2) is 65.6 Å². The maximum atomic E-state index is 13.1. The first-order chi connectivity index (χ1) is 15.5. The molecule has 0 atom stereocenters. The van der Waals surface area contributed by atoms with Crippen LogP contribution < -0.4 is 4.90 Å². The SMILES string of the molecule is CCN(CCn1ccc2cc(C(=O)N3CCN(C(C)C)CC3)ccc21)c1cccc(C)c1. The third-order valence-electron chi connectivity index (χ3n) is 6.71. The zero-order valence-corrected chi connectivity index (χ0v) is 19.9. The predicted molar refractivity (Wildman–Crippen MR) is 134 cm³/mol. The number of carbonyl (C=O) groups excluding carboxylic acids is 1. The van der Waals surface area contributed by atoms with Crippen molar-refractivity contribution in [3.63, 3.8) is 0 Å². The van der Waals surface area contributed by atoms with Gasteiger partial charge in [0.25, 0.3) is 5.91 Å². The molecule has 0 aliphatic carbocycles. The van der Waals surface area contributed by atoms with Crippen LogP contribution in [0.2, 0.25) is 0 Å². The summed E-state index contributed by atoms with van der Waals surface area (Å²) in [7, 11) is 0. The van der Waals surface area contributed by atoms with E-state index in [0.717, 1.165) is 56.8 Å². The van der Waals surface area contributed by atoms with Crippen LogP contribution in [0, 0.1) is 6.92 Å². The van der Waals surface area contributed by atoms with Gasteiger partial charge in [0.2, 0.25) is 0 Å². The Hall–Kier alpha value is -2.79. The fourth-order valence-electron chi connectivity index (χ4n) is 4.68. The van der Waals surface area contributed by atoms with Crippen molar-refractivity contribution >= 4 is 22.5 Å². The summed E-state index contributed by atoms with van der Waals surface area (Å²) in [5.41, 5.74) is 4.54. The van der Waals surface area contributed by atoms with Gasteiger partial charge < -0.3 is 14.4 Å². The Balaban J connectivity index is 1.43. The lowest BCUT2D eigenvalue weighted by atomic mass is 10.1. The van der Waals surface area contributed by atoms with Crippen LogP contribution in [0.4, 0.5) is 5.69 Å². The lowest BCUT2D eigenvalue weighted by Crippen LogP contribution is -2.50. The van der Waals surface area contributed by atoms with Crippen LogP contribution in [-0.2, 0) is 6.54 Å². The van der Waals surface area contributed by atoms with E-state index in [1.165, 1.54) is 16.8 Å². The number of fused-ring (bicyclic) bond motifs is 1. The molecule has 0 radical (unpaired) electrons. The smallest absolute Gasteiger partial charge is 0.253 e. The quantitative estimate of drug-likeness (QED) is 0.545. The number of amides is 1. The molecule has 1 amide bonds. The lowest BCUT2D eigenvalue weighted by molar-refractivity contribution is 0.0595. The van der Waals surface area contributed by atoms with Crippen molar-refractivity contribution in [2.75, 3.05) is 44.2 Å². The molecule has 32 heavy (non-hydrogen) atoms. The zero-order valence-electron chi connectivity index (χ0n) is 19.9. The number of likely N-dealkylation sites (N-methyl/N-ethyl adjacent to an activating group) is 1. The van der Waals surface area contributed by atoms with Gasteiger partial charge in [-0.25, -0.2) is 0 Å². The molecule has 0 saturated carbocycles. The van der Waals surface area contributed by atoms with E-state index in [2.05, 4.69) is 90.7 Å². The number of aryl methyl sites for hydroxylation is 1. The van der Waals surface area contributed by atoms with Gasteiger partial charge in [-0.2, -0.15) is 0 Å². The largest absolute Gasteiger partial charge is 0.370 e. The van der Waals surface area contributed by atoms with Crippen LogP contribution in [0.25, 0.3) is 10.9 Å². The highest BCUT2D eigenvalue weighted by atomic mass is 16.2. The summed E-state index contributed by atoms with van der Waals surface area (Å²) < 4.78 is 2.30. The molecular weight excluding hydrogens is 396 g/mol. The van der Waals surface area contributed by atoms with Crippen LogP contribution in [0.15, 0.2) is 54.7 Å². The standard InChI is InChI=1S/C27H36N4O/c1-5-28(25-8-6-7-22(4)19-25)13-16-30-12-11-23-20-24(9-10-26(23)30)27(32)31-17-14-29(15-18-31)21(2)3/h6-12,19-21H,5,13-18H2,1-4H3. The Morgan fingerprint density at radius 2 is 1.81 bits per heavy atom. The number of piperazine rings is 1. The second kappa shape index (κ2) is 9.78. The topological polar surface area (TPSA) is 31.7 Å². The van der Waals surface area contributed by atoms with E-state index in [0.29, 0.717) is 6.04 Å². The van der Waals surface area contributed by atoms with Crippen molar-refractivity contribution in [1.82, 2.24) is 14.4 Å². The molecule has 0 spiro atoms. The number of anilines is 1. The highest BCUT2D eigenvalue weighted by Gasteiger charge is 2.23. The summed E-state index contributed by atoms with van der Waals surface area (Å²) in [6, 6.07) is 17.5. The summed E-state index contributed by atoms with van der Waals surface area (Å²) in [6.45, 7) is 15.1. The van der Waals surface area contributed by atoms with Gasteiger partial charge in [-0.05, 0) is 69.7 Å². The Bertz CT molecular complexity index is 1060. The fourth-order valence-corrected chi connectivity index (χ4v) is 4.68. The first-order valence-corrected chi connectivity index (χ1v) is 11.9. The minimum Gasteiger partial charge on any atom is -0.370 e. The van der Waals surface area contributed by atoms with E-state index in [-0.39, 0.29) is 5.91 Å². The van der Waals surface area contributed by atoms with Gasteiger partial charge in [0.05, 0.1) is 0 Å². The van der Waals surface area contributed by atoms with Gasteiger partial charge in [0.15, 0.2) is 0 Å². The molecule has 0 unspecified atom stereocenters. The summed E-state index contributed by atoms with van der Waals surface area (Å²) in [5.74, 6) is 0.152. The van der Waals surface area contributed by atoms with Gasteiger partial charge in [0, 0.05) is 80.2 Å². The molecule has 2 aromatic carbocycles. The fraction of sp³-hybridized carbons (Fsp3) is 0.444. The van der Waals surface area contributed by atoms with E-state index in [1.54, 1.807) is 0 Å². The number of carbonyl (C=O) groups is 1. The highest BCUT2D eigenvalue weighted by Crippen LogP contribution is 2.21. The Kier molecular flexibility index (Phi) is 6.85. The molecule has 1 saturated heterocycles. The molecule has 0 bridgehead atoms. The first-order valence-electron chi connectivity index (χ1n) is 11.9. The van der Waals surface area contributed by atoms with Crippen molar-refractivity contribution < 1.29 is 4.79 Å². The van der Waals surface area contributed by atoms with Gasteiger partial charge >= 0.3 is 0 Å². The van der Waals surface area contributed by atoms with Crippen LogP contribution >= 0.6 is 0 Å². The van der Waals surface area contributed by atoms with E-state index in [4.69, 9.17) is 0 Å². The van der Waals surface area contributed by atoms with Crippen LogP contribution in [0.5, 0.6) is 0 Å². The predicted octanol–water partition coefficient (Wildman–Crippen LogP) is 4.64. The van der Waals surface area contributed by atoms with Gasteiger partial charge in [-0.1, -0.05) is 12.1 Å². The maximum Gasteiger partial charge on any atom is 0.253 e. The lowest BCUT2D eigenvalue weighted by Gasteiger charge is -2.37. The summed E-state index contributed by atoms with van der Waals surface area (Å²) in [6.07, 6.45) is 2.14. The second-order valence-electron chi connectivity index (χ2n) is 9.12. The summed E-state index contributed by atoms with van der Waals surface area (Å²) in [5, 5.41) is 1.13. The van der Waals surface area contributed by atoms with Gasteiger partial charge in [-0.3, -0.25) is 9.69 Å². The molecule has 1 aliphatic rings. The van der Waals surface area contributed by atoms with E-state index >= 15 is 0 Å². The van der Waals surface area contributed by atoms with Gasteiger partial charge in [0.1, 0.15) is 0 Å². The summed E-state index contributed by atoms with van der Waals surface area (Å²) >= 11 is 0. The number of rotatable bonds is 7. The molecule has 4 rings (SSSR count). The Labute approximate surface area is 192 Å². The summed E-state index contributed by atoms with van der Waals surface area (Å²) in [4.78, 5) is 19.9. The minimum atomic E-state index is 0.152. The monoisotopic (exact) mass is 432 g/mol. The molecular formula is C27H36N4O. The molecule has 2 heterocycles. The second-order valence-corrected chi connectivity index (χ2v) is 9.12. The zero-order chi connectivity index (χ0) is 22.7. The average molecular weight is 433 g/mol. The number of hydrogen-bond acceptors (Lipinski definition) is 3. The molecule has 1 aromatic heterocycles. The van der Waals surface area contributed by atoms with Crippen molar-refractivity contribution in [1.29, 1.82) is 0 Å². The minimum absolute atomic E-state index is 0.152. The molecule has 1 aliphatic heterocycles. The average Bonchev–Trinajstić information content (AvgIpc) is 3.21. The maximum absolute atomic E-state index is 13.1. The molecule has 1 fully saturated rings. The number of nitrogens with zero attached hydrogens (tertiary/aromatic N) is 4. The first kappa shape index (κ1) is 22.4. The van der Waals surface area contributed by atoms with Crippen molar-refractivity contribution in [3.8, 4) is 0 Å². The Morgan fingerprint density at radius 3 is 2.50 bits per heavy atom. The normalized spacial score (nSPS) is 15.0.